The van der Waals surface area contributed by atoms with E-state index in [9.17, 15) is 13.6 Å². The Balaban J connectivity index is 1.70. The third kappa shape index (κ3) is 3.40. The number of hydrogen-bond donors (Lipinski definition) is 0. The quantitative estimate of drug-likeness (QED) is 0.794. The van der Waals surface area contributed by atoms with E-state index in [1.807, 2.05) is 6.92 Å². The molecule has 8 heteroatoms. The van der Waals surface area contributed by atoms with Gasteiger partial charge in [0.2, 0.25) is 0 Å². The lowest BCUT2D eigenvalue weighted by Crippen LogP contribution is -2.43. The van der Waals surface area contributed by atoms with E-state index < -0.39 is 16.9 Å². The van der Waals surface area contributed by atoms with Crippen LogP contribution in [0, 0.1) is 17.6 Å². The summed E-state index contributed by atoms with van der Waals surface area (Å²) in [5.74, 6) is -0.774. The number of aryl methyl sites for hydroxylation is 1. The highest BCUT2D eigenvalue weighted by molar-refractivity contribution is 8.00. The number of rotatable bonds is 4. The Kier molecular flexibility index (Phi) is 5.03. The zero-order chi connectivity index (χ0) is 19.1. The van der Waals surface area contributed by atoms with Crippen molar-refractivity contribution in [3.63, 3.8) is 0 Å². The van der Waals surface area contributed by atoms with Crippen LogP contribution >= 0.6 is 11.8 Å². The normalized spacial score (nSPS) is 24.2. The first-order valence-corrected chi connectivity index (χ1v) is 10.2. The number of carbonyl (C=O) groups excluding carboxylic acids is 1. The van der Waals surface area contributed by atoms with Crippen molar-refractivity contribution in [3.8, 4) is 0 Å². The van der Waals surface area contributed by atoms with Crippen molar-refractivity contribution in [1.29, 1.82) is 0 Å². The fraction of sp³-hybridized carbons (Fsp3) is 0.526. The molecule has 0 bridgehead atoms. The summed E-state index contributed by atoms with van der Waals surface area (Å²) < 4.78 is 28.8. The van der Waals surface area contributed by atoms with Crippen molar-refractivity contribution in [2.75, 3.05) is 13.1 Å². The van der Waals surface area contributed by atoms with Gasteiger partial charge in [0, 0.05) is 13.0 Å². The molecular weight excluding hydrogens is 370 g/mol. The van der Waals surface area contributed by atoms with Gasteiger partial charge in [0.05, 0.1) is 6.04 Å². The lowest BCUT2D eigenvalue weighted by molar-refractivity contribution is 0.0787. The molecule has 144 valence electrons. The van der Waals surface area contributed by atoms with Gasteiger partial charge in [-0.2, -0.15) is 4.68 Å². The second kappa shape index (κ2) is 7.31. The first-order chi connectivity index (χ1) is 13.0. The van der Waals surface area contributed by atoms with Crippen LogP contribution in [0.5, 0.6) is 0 Å². The summed E-state index contributed by atoms with van der Waals surface area (Å²) in [6, 6.07) is 3.61. The molecule has 1 aromatic carbocycles. The number of likely N-dealkylation sites (tertiary alicyclic amines) is 1. The first-order valence-electron chi connectivity index (χ1n) is 9.33. The number of nitrogens with zero attached hydrogens (tertiary/aromatic N) is 4. The van der Waals surface area contributed by atoms with E-state index in [-0.39, 0.29) is 11.9 Å². The number of fused-ring (bicyclic) bond motifs is 1. The zero-order valence-corrected chi connectivity index (χ0v) is 16.2. The van der Waals surface area contributed by atoms with Crippen molar-refractivity contribution in [2.45, 2.75) is 49.6 Å². The van der Waals surface area contributed by atoms with Gasteiger partial charge in [-0.15, -0.1) is 5.10 Å². The molecule has 0 aliphatic carbocycles. The standard InChI is InChI=1S/C19H22F2N4OS/c1-3-15-22-19-25(23-15)18(26)17(27-19)16(24-8-4-5-11(2)10-24)12-6-7-13(20)14(21)9-12/h6-7,9,11,16-17H,3-5,8,10H2,1-2H3. The van der Waals surface area contributed by atoms with Crippen molar-refractivity contribution in [3.05, 3.63) is 41.2 Å². The van der Waals surface area contributed by atoms with Crippen molar-refractivity contribution in [2.24, 2.45) is 5.92 Å². The summed E-state index contributed by atoms with van der Waals surface area (Å²) in [5, 5.41) is 4.40. The Bertz CT molecular complexity index is 871. The fourth-order valence-electron chi connectivity index (χ4n) is 3.94. The summed E-state index contributed by atoms with van der Waals surface area (Å²) in [4.78, 5) is 19.7. The summed E-state index contributed by atoms with van der Waals surface area (Å²) >= 11 is 1.37. The fourth-order valence-corrected chi connectivity index (χ4v) is 5.22. The SMILES string of the molecule is CCc1nc2n(n1)C(=O)C(C(c1ccc(F)c(F)c1)N1CCCC(C)C1)S2. The average Bonchev–Trinajstić information content (AvgIpc) is 3.18. The smallest absolute Gasteiger partial charge is 0.264 e. The zero-order valence-electron chi connectivity index (χ0n) is 15.4. The van der Waals surface area contributed by atoms with Crippen LogP contribution in [0.15, 0.2) is 23.4 Å². The average molecular weight is 392 g/mol. The molecule has 3 heterocycles. The van der Waals surface area contributed by atoms with E-state index in [0.717, 1.165) is 32.0 Å². The Hall–Kier alpha value is -1.80. The monoisotopic (exact) mass is 392 g/mol. The Labute approximate surface area is 161 Å². The van der Waals surface area contributed by atoms with E-state index in [0.29, 0.717) is 28.9 Å². The predicted octanol–water partition coefficient (Wildman–Crippen LogP) is 3.71. The largest absolute Gasteiger partial charge is 0.294 e. The highest BCUT2D eigenvalue weighted by atomic mass is 32.2. The molecule has 0 radical (unpaired) electrons. The molecule has 2 aliphatic heterocycles. The van der Waals surface area contributed by atoms with Crippen molar-refractivity contribution in [1.82, 2.24) is 19.7 Å². The van der Waals surface area contributed by atoms with Crippen LogP contribution in [0.25, 0.3) is 0 Å². The van der Waals surface area contributed by atoms with Gasteiger partial charge >= 0.3 is 0 Å². The molecule has 2 aliphatic rings. The van der Waals surface area contributed by atoms with Crippen molar-refractivity contribution >= 4 is 17.7 Å². The number of benzene rings is 1. The molecular formula is C19H22F2N4OS. The minimum Gasteiger partial charge on any atom is -0.294 e. The summed E-state index contributed by atoms with van der Waals surface area (Å²) in [6.07, 6.45) is 2.82. The number of halogens is 2. The van der Waals surface area contributed by atoms with Gasteiger partial charge in [0.15, 0.2) is 22.6 Å². The maximum absolute atomic E-state index is 14.0. The molecule has 0 amide bonds. The summed E-state index contributed by atoms with van der Waals surface area (Å²) in [6.45, 7) is 5.77. The van der Waals surface area contributed by atoms with Gasteiger partial charge in [-0.1, -0.05) is 31.7 Å². The Morgan fingerprint density at radius 3 is 2.81 bits per heavy atom. The van der Waals surface area contributed by atoms with Crippen LogP contribution in [0.4, 0.5) is 8.78 Å². The molecule has 0 N–H and O–H groups in total. The van der Waals surface area contributed by atoms with Crippen LogP contribution in [0.3, 0.4) is 0 Å². The molecule has 1 aromatic heterocycles. The van der Waals surface area contributed by atoms with Crippen LogP contribution < -0.4 is 0 Å². The van der Waals surface area contributed by atoms with Gasteiger partial charge in [-0.05, 0) is 43.0 Å². The number of hydrogen-bond acceptors (Lipinski definition) is 5. The topological polar surface area (TPSA) is 51.0 Å². The number of piperidine rings is 1. The van der Waals surface area contributed by atoms with Crippen molar-refractivity contribution < 1.29 is 13.6 Å². The van der Waals surface area contributed by atoms with Gasteiger partial charge < -0.3 is 0 Å². The summed E-state index contributed by atoms with van der Waals surface area (Å²) in [5.41, 5.74) is 0.621. The second-order valence-electron chi connectivity index (χ2n) is 7.31. The van der Waals surface area contributed by atoms with E-state index in [1.54, 1.807) is 6.07 Å². The van der Waals surface area contributed by atoms with Crippen LogP contribution in [0.2, 0.25) is 0 Å². The molecule has 27 heavy (non-hydrogen) atoms. The van der Waals surface area contributed by atoms with Gasteiger partial charge in [-0.25, -0.2) is 13.8 Å². The number of aromatic nitrogens is 3. The maximum atomic E-state index is 14.0. The van der Waals surface area contributed by atoms with E-state index in [4.69, 9.17) is 0 Å². The molecule has 1 fully saturated rings. The molecule has 3 unspecified atom stereocenters. The predicted molar refractivity (Wildman–Crippen MR) is 98.7 cm³/mol. The highest BCUT2D eigenvalue weighted by Gasteiger charge is 2.43. The van der Waals surface area contributed by atoms with Crippen LogP contribution in [-0.2, 0) is 6.42 Å². The van der Waals surface area contributed by atoms with Crippen LogP contribution in [0.1, 0.15) is 48.9 Å². The lowest BCUT2D eigenvalue weighted by atomic mass is 9.94. The minimum absolute atomic E-state index is 0.143. The van der Waals surface area contributed by atoms with E-state index in [1.165, 1.54) is 22.5 Å². The molecule has 4 rings (SSSR count). The van der Waals surface area contributed by atoms with Crippen LogP contribution in [-0.4, -0.2) is 43.9 Å². The second-order valence-corrected chi connectivity index (χ2v) is 8.42. The first kappa shape index (κ1) is 18.6. The molecule has 0 saturated carbocycles. The molecule has 5 nitrogen and oxygen atoms in total. The molecule has 1 saturated heterocycles. The third-order valence-corrected chi connectivity index (χ3v) is 6.46. The molecule has 2 aromatic rings. The lowest BCUT2D eigenvalue weighted by Gasteiger charge is -2.39. The number of carbonyl (C=O) groups is 1. The Morgan fingerprint density at radius 1 is 1.33 bits per heavy atom. The molecule has 0 spiro atoms. The number of thioether (sulfide) groups is 1. The van der Waals surface area contributed by atoms with Gasteiger partial charge in [0.25, 0.3) is 5.91 Å². The minimum atomic E-state index is -0.887. The maximum Gasteiger partial charge on any atom is 0.264 e. The summed E-state index contributed by atoms with van der Waals surface area (Å²) in [7, 11) is 0. The Morgan fingerprint density at radius 2 is 2.15 bits per heavy atom. The van der Waals surface area contributed by atoms with E-state index in [2.05, 4.69) is 21.9 Å². The van der Waals surface area contributed by atoms with Gasteiger partial charge in [-0.3, -0.25) is 9.69 Å². The van der Waals surface area contributed by atoms with E-state index >= 15 is 0 Å². The third-order valence-electron chi connectivity index (χ3n) is 5.28. The highest BCUT2D eigenvalue weighted by Crippen LogP contribution is 2.42. The van der Waals surface area contributed by atoms with Gasteiger partial charge in [0.1, 0.15) is 5.25 Å². The molecule has 3 atom stereocenters.